The largest absolute Gasteiger partial charge is 0.480 e. The van der Waals surface area contributed by atoms with E-state index in [2.05, 4.69) is 6.92 Å². The highest BCUT2D eigenvalue weighted by molar-refractivity contribution is 7.99. The van der Waals surface area contributed by atoms with Crippen molar-refractivity contribution in [2.45, 2.75) is 83.3 Å². The minimum Gasteiger partial charge on any atom is -0.480 e. The number of hydrogen-bond donors (Lipinski definition) is 2. The van der Waals surface area contributed by atoms with Crippen molar-refractivity contribution in [3.8, 4) is 0 Å². The molecule has 0 radical (unpaired) electrons. The van der Waals surface area contributed by atoms with Crippen molar-refractivity contribution in [3.05, 3.63) is 0 Å². The van der Waals surface area contributed by atoms with Crippen LogP contribution in [0.2, 0.25) is 0 Å². The van der Waals surface area contributed by atoms with Gasteiger partial charge < -0.3 is 15.6 Å². The molecule has 3 N–H and O–H groups in total. The molecule has 1 rings (SSSR count). The number of carboxylic acids is 1. The van der Waals surface area contributed by atoms with Crippen LogP contribution < -0.4 is 5.73 Å². The van der Waals surface area contributed by atoms with Gasteiger partial charge in [-0.15, -0.1) is 0 Å². The Labute approximate surface area is 172 Å². The number of ether oxygens (including phenoxy) is 1. The molecular weight excluding hydrogens is 380 g/mol. The number of aliphatic carboxylic acids is 1. The quantitative estimate of drug-likeness (QED) is 0.252. The molecule has 1 aliphatic rings. The summed E-state index contributed by atoms with van der Waals surface area (Å²) in [4.78, 5) is 39.1. The van der Waals surface area contributed by atoms with E-state index in [4.69, 9.17) is 10.5 Å². The number of carbonyl (C=O) groups excluding carboxylic acids is 2. The first-order valence-corrected chi connectivity index (χ1v) is 11.5. The third-order valence-corrected chi connectivity index (χ3v) is 6.33. The Morgan fingerprint density at radius 1 is 1.21 bits per heavy atom. The van der Waals surface area contributed by atoms with Crippen molar-refractivity contribution >= 4 is 29.5 Å². The van der Waals surface area contributed by atoms with Crippen molar-refractivity contribution < 1.29 is 24.2 Å². The summed E-state index contributed by atoms with van der Waals surface area (Å²) in [5, 5.41) is 9.93. The van der Waals surface area contributed by atoms with E-state index in [1.54, 1.807) is 18.7 Å². The number of nitrogens with zero attached hydrogens (tertiary/aromatic N) is 1. The Kier molecular flexibility index (Phi) is 11.1. The Morgan fingerprint density at radius 3 is 2.46 bits per heavy atom. The van der Waals surface area contributed by atoms with Gasteiger partial charge >= 0.3 is 11.9 Å². The second kappa shape index (κ2) is 12.4. The zero-order valence-corrected chi connectivity index (χ0v) is 18.3. The molecule has 162 valence electrons. The molecule has 8 heteroatoms. The Morgan fingerprint density at radius 2 is 1.89 bits per heavy atom. The minimum absolute atomic E-state index is 0.167. The van der Waals surface area contributed by atoms with Gasteiger partial charge in [0.2, 0.25) is 0 Å². The fraction of sp³-hybridized carbons (Fsp3) is 0.850. The topological polar surface area (TPSA) is 110 Å². The molecule has 28 heavy (non-hydrogen) atoms. The molecule has 0 spiro atoms. The van der Waals surface area contributed by atoms with Crippen LogP contribution in [0.3, 0.4) is 0 Å². The molecule has 1 aliphatic heterocycles. The maximum Gasteiger partial charge on any atom is 0.332 e. The fourth-order valence-corrected chi connectivity index (χ4v) is 4.88. The fourth-order valence-electron chi connectivity index (χ4n) is 3.76. The van der Waals surface area contributed by atoms with E-state index in [9.17, 15) is 19.5 Å². The van der Waals surface area contributed by atoms with Gasteiger partial charge in [-0.05, 0) is 38.9 Å². The normalized spacial score (nSPS) is 22.0. The van der Waals surface area contributed by atoms with Gasteiger partial charge in [-0.3, -0.25) is 14.5 Å². The molecule has 0 aliphatic carbocycles. The smallest absolute Gasteiger partial charge is 0.332 e. The highest BCUT2D eigenvalue weighted by Crippen LogP contribution is 2.35. The van der Waals surface area contributed by atoms with Crippen LogP contribution in [0.1, 0.15) is 65.7 Å². The summed E-state index contributed by atoms with van der Waals surface area (Å²) in [5.41, 5.74) is 4.01. The number of esters is 1. The number of hydrogen-bond acceptors (Lipinski definition) is 7. The Bertz CT molecular complexity index is 529. The lowest BCUT2D eigenvalue weighted by atomic mass is 9.86. The van der Waals surface area contributed by atoms with Crippen molar-refractivity contribution in [2.24, 2.45) is 5.73 Å². The molecule has 1 heterocycles. The van der Waals surface area contributed by atoms with Gasteiger partial charge in [0.1, 0.15) is 6.04 Å². The predicted octanol–water partition coefficient (Wildman–Crippen LogP) is 2.46. The maximum atomic E-state index is 12.8. The number of ketones is 1. The van der Waals surface area contributed by atoms with E-state index < -0.39 is 35.3 Å². The number of rotatable bonds is 14. The van der Waals surface area contributed by atoms with Crippen molar-refractivity contribution in [1.82, 2.24) is 4.90 Å². The third-order valence-electron chi connectivity index (χ3n) is 5.21. The van der Waals surface area contributed by atoms with Crippen LogP contribution in [-0.2, 0) is 19.1 Å². The molecular formula is C20H36N2O5S. The zero-order valence-electron chi connectivity index (χ0n) is 17.4. The Hall–Kier alpha value is -1.12. The second-order valence-corrected chi connectivity index (χ2v) is 8.52. The maximum absolute atomic E-state index is 12.8. The highest BCUT2D eigenvalue weighted by atomic mass is 32.2. The number of likely N-dealkylation sites (tertiary alicyclic amines) is 1. The molecule has 1 saturated heterocycles. The summed E-state index contributed by atoms with van der Waals surface area (Å²) in [6.45, 7) is 5.97. The molecule has 0 amide bonds. The van der Waals surface area contributed by atoms with Gasteiger partial charge in [0.15, 0.2) is 11.3 Å². The number of nitrogens with two attached hydrogens (primary N) is 1. The number of Topliss-reactive ketones (excluding diaryl/α,β-unsaturated/α-hetero) is 1. The zero-order chi connectivity index (χ0) is 21.2. The highest BCUT2D eigenvalue weighted by Gasteiger charge is 2.57. The van der Waals surface area contributed by atoms with Crippen molar-refractivity contribution in [1.29, 1.82) is 0 Å². The lowest BCUT2D eigenvalue weighted by molar-refractivity contribution is -0.162. The second-order valence-electron chi connectivity index (χ2n) is 7.37. The number of carboxylic acid groups (broad SMARTS) is 1. The standard InChI is InChI=1S/C20H36N2O5S/c1-4-6-7-8-9-13-28-14-16(18(24)27-5-2)22-12-10-11-20(22,19(25)26)17(23)15(3)21/h15-16H,4-14,21H2,1-3H3,(H,25,26)/t15?,16-,20?/m0/s1. The van der Waals surface area contributed by atoms with E-state index in [0.717, 1.165) is 18.6 Å². The number of thioether (sulfide) groups is 1. The van der Waals surface area contributed by atoms with Gasteiger partial charge in [-0.1, -0.05) is 32.6 Å². The minimum atomic E-state index is -1.74. The van der Waals surface area contributed by atoms with Gasteiger partial charge in [0, 0.05) is 12.3 Å². The third kappa shape index (κ3) is 6.19. The van der Waals surface area contributed by atoms with Crippen LogP contribution in [0.15, 0.2) is 0 Å². The van der Waals surface area contributed by atoms with E-state index >= 15 is 0 Å². The first kappa shape index (κ1) is 24.9. The van der Waals surface area contributed by atoms with E-state index in [-0.39, 0.29) is 13.0 Å². The molecule has 3 atom stereocenters. The summed E-state index contributed by atoms with van der Waals surface area (Å²) in [7, 11) is 0. The van der Waals surface area contributed by atoms with Crippen molar-refractivity contribution in [2.75, 3.05) is 24.7 Å². The molecule has 2 unspecified atom stereocenters. The number of carbonyl (C=O) groups is 3. The monoisotopic (exact) mass is 416 g/mol. The Balaban J connectivity index is 2.91. The van der Waals surface area contributed by atoms with E-state index in [0.29, 0.717) is 18.7 Å². The lowest BCUT2D eigenvalue weighted by Gasteiger charge is -2.38. The van der Waals surface area contributed by atoms with Crippen LogP contribution in [0, 0.1) is 0 Å². The van der Waals surface area contributed by atoms with E-state index in [1.807, 2.05) is 0 Å². The molecule has 0 aromatic carbocycles. The van der Waals surface area contributed by atoms with Gasteiger partial charge in [-0.2, -0.15) is 11.8 Å². The molecule has 0 aromatic heterocycles. The average Bonchev–Trinajstić information content (AvgIpc) is 3.09. The summed E-state index contributed by atoms with van der Waals surface area (Å²) in [5.74, 6) is -0.934. The molecule has 0 saturated carbocycles. The van der Waals surface area contributed by atoms with E-state index in [1.165, 1.54) is 31.1 Å². The first-order chi connectivity index (χ1) is 13.3. The molecule has 0 aromatic rings. The predicted molar refractivity (Wildman–Crippen MR) is 111 cm³/mol. The summed E-state index contributed by atoms with van der Waals surface area (Å²) in [6.07, 6.45) is 6.53. The molecule has 7 nitrogen and oxygen atoms in total. The lowest BCUT2D eigenvalue weighted by Crippen LogP contribution is -2.65. The summed E-state index contributed by atoms with van der Waals surface area (Å²) in [6, 6.07) is -1.67. The number of unbranched alkanes of at least 4 members (excludes halogenated alkanes) is 4. The van der Waals surface area contributed by atoms with Crippen LogP contribution in [0.5, 0.6) is 0 Å². The van der Waals surface area contributed by atoms with Crippen LogP contribution in [0.4, 0.5) is 0 Å². The average molecular weight is 417 g/mol. The first-order valence-electron chi connectivity index (χ1n) is 10.4. The summed E-state index contributed by atoms with van der Waals surface area (Å²) < 4.78 is 5.21. The molecule has 0 bridgehead atoms. The van der Waals surface area contributed by atoms with Crippen molar-refractivity contribution in [3.63, 3.8) is 0 Å². The van der Waals surface area contributed by atoms with Gasteiger partial charge in [0.05, 0.1) is 12.6 Å². The SMILES string of the molecule is CCCCCCCSC[C@@H](C(=O)OCC)N1CCCC1(C(=O)O)C(=O)C(C)N. The summed E-state index contributed by atoms with van der Waals surface area (Å²) >= 11 is 1.62. The van der Waals surface area contributed by atoms with Crippen LogP contribution >= 0.6 is 11.8 Å². The van der Waals surface area contributed by atoms with Gasteiger partial charge in [0.25, 0.3) is 0 Å². The van der Waals surface area contributed by atoms with Crippen LogP contribution in [-0.4, -0.2) is 70.0 Å². The van der Waals surface area contributed by atoms with Crippen LogP contribution in [0.25, 0.3) is 0 Å². The molecule has 1 fully saturated rings. The van der Waals surface area contributed by atoms with Gasteiger partial charge in [-0.25, -0.2) is 4.79 Å².